The minimum Gasteiger partial charge on any atom is -0.468 e. The van der Waals surface area contributed by atoms with Crippen molar-refractivity contribution in [2.45, 2.75) is 32.7 Å². The molecule has 5 nitrogen and oxygen atoms in total. The van der Waals surface area contributed by atoms with Gasteiger partial charge in [0.05, 0.1) is 12.3 Å². The van der Waals surface area contributed by atoms with Gasteiger partial charge in [-0.1, -0.05) is 13.8 Å². The molecule has 0 aliphatic heterocycles. The van der Waals surface area contributed by atoms with E-state index in [4.69, 9.17) is 4.42 Å². The molecule has 1 aromatic rings. The van der Waals surface area contributed by atoms with Gasteiger partial charge in [-0.25, -0.2) is 0 Å². The standard InChI is InChI=1S/C16H30N4O/c1-13(2)8-6-10-18-16(17-3)19-12-14(20(4)5)15-9-7-11-21-15/h7,9,11,13-14H,6,8,10,12H2,1-5H3,(H2,17,18,19). The first-order chi connectivity index (χ1) is 10.0. The first-order valence-corrected chi connectivity index (χ1v) is 7.69. The maximum absolute atomic E-state index is 5.51. The second-order valence-electron chi connectivity index (χ2n) is 5.91. The first-order valence-electron chi connectivity index (χ1n) is 7.69. The van der Waals surface area contributed by atoms with Crippen LogP contribution in [0.5, 0.6) is 0 Å². The molecule has 120 valence electrons. The van der Waals surface area contributed by atoms with E-state index in [1.54, 1.807) is 13.3 Å². The molecule has 0 saturated heterocycles. The summed E-state index contributed by atoms with van der Waals surface area (Å²) in [6.07, 6.45) is 4.11. The van der Waals surface area contributed by atoms with Crippen molar-refractivity contribution < 1.29 is 4.42 Å². The Kier molecular flexibility index (Phi) is 7.90. The van der Waals surface area contributed by atoms with Crippen LogP contribution >= 0.6 is 0 Å². The number of aliphatic imine (C=N–C) groups is 1. The van der Waals surface area contributed by atoms with Crippen LogP contribution in [-0.2, 0) is 0 Å². The lowest BCUT2D eigenvalue weighted by Gasteiger charge is -2.23. The van der Waals surface area contributed by atoms with Crippen LogP contribution in [0.25, 0.3) is 0 Å². The second kappa shape index (κ2) is 9.45. The van der Waals surface area contributed by atoms with E-state index in [1.165, 1.54) is 6.42 Å². The van der Waals surface area contributed by atoms with Crippen LogP contribution in [0.1, 0.15) is 38.5 Å². The Balaban J connectivity index is 2.39. The monoisotopic (exact) mass is 294 g/mol. The Morgan fingerprint density at radius 1 is 1.33 bits per heavy atom. The van der Waals surface area contributed by atoms with E-state index in [2.05, 4.69) is 34.4 Å². The third-order valence-electron chi connectivity index (χ3n) is 3.43. The molecule has 0 spiro atoms. The van der Waals surface area contributed by atoms with Crippen molar-refractivity contribution in [1.29, 1.82) is 0 Å². The van der Waals surface area contributed by atoms with E-state index >= 15 is 0 Å². The summed E-state index contributed by atoms with van der Waals surface area (Å²) in [7, 11) is 5.90. The van der Waals surface area contributed by atoms with E-state index in [9.17, 15) is 0 Å². The van der Waals surface area contributed by atoms with Crippen LogP contribution in [0, 0.1) is 5.92 Å². The number of furan rings is 1. The number of nitrogens with one attached hydrogen (secondary N) is 2. The topological polar surface area (TPSA) is 52.8 Å². The zero-order chi connectivity index (χ0) is 15.7. The smallest absolute Gasteiger partial charge is 0.191 e. The molecular formula is C16H30N4O. The highest BCUT2D eigenvalue weighted by Crippen LogP contribution is 2.17. The highest BCUT2D eigenvalue weighted by atomic mass is 16.3. The molecule has 1 atom stereocenters. The number of guanidine groups is 1. The number of hydrogen-bond acceptors (Lipinski definition) is 3. The quantitative estimate of drug-likeness (QED) is 0.439. The van der Waals surface area contributed by atoms with Crippen molar-refractivity contribution in [3.8, 4) is 0 Å². The van der Waals surface area contributed by atoms with Crippen LogP contribution < -0.4 is 10.6 Å². The largest absolute Gasteiger partial charge is 0.468 e. The maximum Gasteiger partial charge on any atom is 0.191 e. The van der Waals surface area contributed by atoms with Gasteiger partial charge >= 0.3 is 0 Å². The van der Waals surface area contributed by atoms with Gasteiger partial charge in [-0.05, 0) is 45.0 Å². The molecule has 0 amide bonds. The number of likely N-dealkylation sites (N-methyl/N-ethyl adjacent to an activating group) is 1. The third kappa shape index (κ3) is 6.67. The summed E-state index contributed by atoms with van der Waals surface area (Å²) >= 11 is 0. The molecular weight excluding hydrogens is 264 g/mol. The fraction of sp³-hybridized carbons (Fsp3) is 0.688. The third-order valence-corrected chi connectivity index (χ3v) is 3.43. The van der Waals surface area contributed by atoms with Crippen molar-refractivity contribution in [1.82, 2.24) is 15.5 Å². The molecule has 1 heterocycles. The zero-order valence-electron chi connectivity index (χ0n) is 14.0. The molecule has 0 saturated carbocycles. The zero-order valence-corrected chi connectivity index (χ0v) is 14.0. The van der Waals surface area contributed by atoms with Crippen LogP contribution in [0.2, 0.25) is 0 Å². The van der Waals surface area contributed by atoms with Gasteiger partial charge < -0.3 is 15.1 Å². The van der Waals surface area contributed by atoms with Crippen LogP contribution in [0.15, 0.2) is 27.8 Å². The Morgan fingerprint density at radius 3 is 2.62 bits per heavy atom. The van der Waals surface area contributed by atoms with E-state index in [1.807, 2.05) is 26.2 Å². The number of nitrogens with zero attached hydrogens (tertiary/aromatic N) is 2. The average Bonchev–Trinajstić information content (AvgIpc) is 2.94. The van der Waals surface area contributed by atoms with Crippen molar-refractivity contribution >= 4 is 5.96 Å². The fourth-order valence-corrected chi connectivity index (χ4v) is 2.15. The molecule has 0 fully saturated rings. The lowest BCUT2D eigenvalue weighted by atomic mass is 10.1. The summed E-state index contributed by atoms with van der Waals surface area (Å²) in [4.78, 5) is 6.40. The van der Waals surface area contributed by atoms with Gasteiger partial charge in [0.15, 0.2) is 5.96 Å². The average molecular weight is 294 g/mol. The Hall–Kier alpha value is -1.49. The molecule has 0 radical (unpaired) electrons. The lowest BCUT2D eigenvalue weighted by molar-refractivity contribution is 0.258. The summed E-state index contributed by atoms with van der Waals surface area (Å²) in [5.74, 6) is 2.55. The van der Waals surface area contributed by atoms with Gasteiger partial charge in [-0.3, -0.25) is 9.89 Å². The summed E-state index contributed by atoms with van der Waals surface area (Å²) < 4.78 is 5.51. The Morgan fingerprint density at radius 2 is 2.10 bits per heavy atom. The summed E-state index contributed by atoms with van der Waals surface area (Å²) in [6, 6.07) is 4.12. The first kappa shape index (κ1) is 17.6. The second-order valence-corrected chi connectivity index (χ2v) is 5.91. The highest BCUT2D eigenvalue weighted by molar-refractivity contribution is 5.79. The van der Waals surface area contributed by atoms with Gasteiger partial charge in [0.25, 0.3) is 0 Å². The van der Waals surface area contributed by atoms with Crippen molar-refractivity contribution in [3.05, 3.63) is 24.2 Å². The number of rotatable bonds is 8. The molecule has 0 bridgehead atoms. The Bertz CT molecular complexity index is 398. The van der Waals surface area contributed by atoms with Gasteiger partial charge in [0.2, 0.25) is 0 Å². The van der Waals surface area contributed by atoms with E-state index in [0.717, 1.165) is 37.1 Å². The minimum absolute atomic E-state index is 0.189. The molecule has 0 aliphatic carbocycles. The molecule has 2 N–H and O–H groups in total. The van der Waals surface area contributed by atoms with Crippen LogP contribution in [0.3, 0.4) is 0 Å². The van der Waals surface area contributed by atoms with E-state index < -0.39 is 0 Å². The summed E-state index contributed by atoms with van der Waals surface area (Å²) in [6.45, 7) is 6.20. The Labute approximate surface area is 128 Å². The highest BCUT2D eigenvalue weighted by Gasteiger charge is 2.17. The SMILES string of the molecule is CN=C(NCCCC(C)C)NCC(c1ccco1)N(C)C. The minimum atomic E-state index is 0.189. The molecule has 0 aliphatic rings. The lowest BCUT2D eigenvalue weighted by Crippen LogP contribution is -2.42. The van der Waals surface area contributed by atoms with Crippen molar-refractivity contribution in [2.24, 2.45) is 10.9 Å². The molecule has 0 aromatic carbocycles. The normalized spacial score (nSPS) is 13.8. The maximum atomic E-state index is 5.51. The van der Waals surface area contributed by atoms with E-state index in [-0.39, 0.29) is 6.04 Å². The van der Waals surface area contributed by atoms with Crippen LogP contribution in [-0.4, -0.2) is 45.1 Å². The molecule has 1 aromatic heterocycles. The molecule has 21 heavy (non-hydrogen) atoms. The van der Waals surface area contributed by atoms with Gasteiger partial charge in [-0.2, -0.15) is 0 Å². The predicted molar refractivity (Wildman–Crippen MR) is 88.6 cm³/mol. The summed E-state index contributed by atoms with van der Waals surface area (Å²) in [5, 5.41) is 6.72. The molecule has 5 heteroatoms. The molecule has 1 rings (SSSR count). The predicted octanol–water partition coefficient (Wildman–Crippen LogP) is 2.48. The van der Waals surface area contributed by atoms with Gasteiger partial charge in [0.1, 0.15) is 5.76 Å². The van der Waals surface area contributed by atoms with Gasteiger partial charge in [0, 0.05) is 20.1 Å². The van der Waals surface area contributed by atoms with Gasteiger partial charge in [-0.15, -0.1) is 0 Å². The fourth-order valence-electron chi connectivity index (χ4n) is 2.15. The van der Waals surface area contributed by atoms with Crippen LogP contribution in [0.4, 0.5) is 0 Å². The van der Waals surface area contributed by atoms with E-state index in [0.29, 0.717) is 0 Å². The van der Waals surface area contributed by atoms with Crippen molar-refractivity contribution in [3.63, 3.8) is 0 Å². The number of hydrogen-bond donors (Lipinski definition) is 2. The molecule has 1 unspecified atom stereocenters. The van der Waals surface area contributed by atoms with Crippen molar-refractivity contribution in [2.75, 3.05) is 34.2 Å². The summed E-state index contributed by atoms with van der Waals surface area (Å²) in [5.41, 5.74) is 0.